The Morgan fingerprint density at radius 3 is 1.97 bits per heavy atom. The summed E-state index contributed by atoms with van der Waals surface area (Å²) >= 11 is 0. The lowest BCUT2D eigenvalue weighted by Crippen LogP contribution is -2.55. The Balaban J connectivity index is 2.01. The molecule has 1 aromatic rings. The molecule has 0 saturated heterocycles. The van der Waals surface area contributed by atoms with E-state index < -0.39 is 18.1 Å². The zero-order chi connectivity index (χ0) is 24.5. The van der Waals surface area contributed by atoms with Gasteiger partial charge in [-0.1, -0.05) is 59.6 Å². The van der Waals surface area contributed by atoms with Crippen LogP contribution in [0.5, 0.6) is 0 Å². The van der Waals surface area contributed by atoms with E-state index in [1.807, 2.05) is 39.8 Å². The Bertz CT molecular complexity index is 780. The summed E-state index contributed by atoms with van der Waals surface area (Å²) in [5.74, 6) is -0.0114. The molecule has 33 heavy (non-hydrogen) atoms. The highest BCUT2D eigenvalue weighted by Gasteiger charge is 2.31. The van der Waals surface area contributed by atoms with Gasteiger partial charge in [0.25, 0.3) is 5.91 Å². The van der Waals surface area contributed by atoms with Crippen LogP contribution in [0.2, 0.25) is 0 Å². The molecule has 1 aromatic carbocycles. The molecular weight excluding hydrogens is 416 g/mol. The number of hydrogen-bond acceptors (Lipinski definition) is 4. The standard InChI is InChI=1S/C27H42N2O4/c1-7-8-19-9-11-20(12-10-19)21-13-15-22(16-14-21)25(30)28-23(17(2)3)26(31)29-24(18(4)5)27(32)33-6/h13-20,23-24H,7-12H2,1-6H3,(H,28,30)(H,29,31). The lowest BCUT2D eigenvalue weighted by molar-refractivity contribution is -0.146. The van der Waals surface area contributed by atoms with Crippen molar-refractivity contribution in [3.63, 3.8) is 0 Å². The molecule has 2 rings (SSSR count). The van der Waals surface area contributed by atoms with Gasteiger partial charge in [0.05, 0.1) is 7.11 Å². The van der Waals surface area contributed by atoms with Crippen molar-refractivity contribution in [3.05, 3.63) is 35.4 Å². The van der Waals surface area contributed by atoms with Crippen molar-refractivity contribution < 1.29 is 19.1 Å². The van der Waals surface area contributed by atoms with Crippen LogP contribution in [-0.4, -0.2) is 37.0 Å². The minimum Gasteiger partial charge on any atom is -0.467 e. The zero-order valence-corrected chi connectivity index (χ0v) is 21.1. The molecule has 2 amide bonds. The third-order valence-corrected chi connectivity index (χ3v) is 6.84. The largest absolute Gasteiger partial charge is 0.467 e. The first-order valence-electron chi connectivity index (χ1n) is 12.5. The quantitative estimate of drug-likeness (QED) is 0.492. The molecule has 6 nitrogen and oxygen atoms in total. The summed E-state index contributed by atoms with van der Waals surface area (Å²) in [6, 6.07) is 6.30. The lowest BCUT2D eigenvalue weighted by Gasteiger charge is -2.28. The van der Waals surface area contributed by atoms with Gasteiger partial charge in [-0.25, -0.2) is 4.79 Å². The Labute approximate surface area is 199 Å². The van der Waals surface area contributed by atoms with E-state index in [2.05, 4.69) is 29.7 Å². The fourth-order valence-corrected chi connectivity index (χ4v) is 4.73. The maximum atomic E-state index is 12.9. The van der Waals surface area contributed by atoms with Crippen LogP contribution in [0.25, 0.3) is 0 Å². The number of esters is 1. The predicted octanol–water partition coefficient (Wildman–Crippen LogP) is 4.83. The van der Waals surface area contributed by atoms with Crippen LogP contribution in [-0.2, 0) is 14.3 Å². The lowest BCUT2D eigenvalue weighted by atomic mass is 9.77. The number of ether oxygens (including phenoxy) is 1. The van der Waals surface area contributed by atoms with E-state index in [4.69, 9.17) is 4.74 Å². The summed E-state index contributed by atoms with van der Waals surface area (Å²) in [6.07, 6.45) is 7.58. The maximum Gasteiger partial charge on any atom is 0.328 e. The van der Waals surface area contributed by atoms with E-state index in [1.165, 1.54) is 51.2 Å². The van der Waals surface area contributed by atoms with Crippen LogP contribution in [0.3, 0.4) is 0 Å². The van der Waals surface area contributed by atoms with Gasteiger partial charge in [0.1, 0.15) is 12.1 Å². The molecule has 0 radical (unpaired) electrons. The van der Waals surface area contributed by atoms with Gasteiger partial charge >= 0.3 is 5.97 Å². The van der Waals surface area contributed by atoms with E-state index in [-0.39, 0.29) is 23.7 Å². The molecule has 6 heteroatoms. The fraction of sp³-hybridized carbons (Fsp3) is 0.667. The van der Waals surface area contributed by atoms with E-state index in [0.717, 1.165) is 5.92 Å². The molecule has 1 aliphatic carbocycles. The normalized spacial score (nSPS) is 20.2. The topological polar surface area (TPSA) is 84.5 Å². The van der Waals surface area contributed by atoms with Gasteiger partial charge in [0, 0.05) is 5.56 Å². The van der Waals surface area contributed by atoms with Crippen LogP contribution in [0.15, 0.2) is 24.3 Å². The maximum absolute atomic E-state index is 12.9. The van der Waals surface area contributed by atoms with Crippen LogP contribution >= 0.6 is 0 Å². The van der Waals surface area contributed by atoms with Gasteiger partial charge in [0.2, 0.25) is 5.91 Å². The number of amides is 2. The van der Waals surface area contributed by atoms with Gasteiger partial charge in [-0.2, -0.15) is 0 Å². The van der Waals surface area contributed by atoms with Crippen molar-refractivity contribution in [2.45, 2.75) is 91.1 Å². The first-order valence-corrected chi connectivity index (χ1v) is 12.5. The number of benzene rings is 1. The smallest absolute Gasteiger partial charge is 0.328 e. The molecule has 2 N–H and O–H groups in total. The highest BCUT2D eigenvalue weighted by molar-refractivity contribution is 5.98. The van der Waals surface area contributed by atoms with Crippen molar-refractivity contribution in [1.82, 2.24) is 10.6 Å². The summed E-state index contributed by atoms with van der Waals surface area (Å²) in [6.45, 7) is 9.66. The fourth-order valence-electron chi connectivity index (χ4n) is 4.73. The van der Waals surface area contributed by atoms with Gasteiger partial charge < -0.3 is 15.4 Å². The molecule has 2 unspecified atom stereocenters. The monoisotopic (exact) mass is 458 g/mol. The molecule has 1 saturated carbocycles. The van der Waals surface area contributed by atoms with Gasteiger partial charge in [-0.05, 0) is 67.1 Å². The second kappa shape index (κ2) is 12.8. The van der Waals surface area contributed by atoms with Crippen molar-refractivity contribution >= 4 is 17.8 Å². The molecule has 1 fully saturated rings. The minimum absolute atomic E-state index is 0.130. The minimum atomic E-state index is -0.757. The second-order valence-electron chi connectivity index (χ2n) is 10.1. The summed E-state index contributed by atoms with van der Waals surface area (Å²) in [5.41, 5.74) is 1.82. The molecule has 2 atom stereocenters. The summed E-state index contributed by atoms with van der Waals surface area (Å²) in [4.78, 5) is 37.8. The number of rotatable bonds is 10. The van der Waals surface area contributed by atoms with Gasteiger partial charge in [-0.15, -0.1) is 0 Å². The van der Waals surface area contributed by atoms with Crippen molar-refractivity contribution in [2.75, 3.05) is 7.11 Å². The Morgan fingerprint density at radius 1 is 0.909 bits per heavy atom. The number of hydrogen-bond donors (Lipinski definition) is 2. The summed E-state index contributed by atoms with van der Waals surface area (Å²) in [5, 5.41) is 5.59. The van der Waals surface area contributed by atoms with Crippen LogP contribution in [0, 0.1) is 17.8 Å². The third-order valence-electron chi connectivity index (χ3n) is 6.84. The Morgan fingerprint density at radius 2 is 1.48 bits per heavy atom. The first-order chi connectivity index (χ1) is 15.7. The van der Waals surface area contributed by atoms with E-state index in [0.29, 0.717) is 11.5 Å². The molecule has 1 aliphatic rings. The molecule has 0 bridgehead atoms. The highest BCUT2D eigenvalue weighted by atomic mass is 16.5. The highest BCUT2D eigenvalue weighted by Crippen LogP contribution is 2.37. The Hall–Kier alpha value is -2.37. The van der Waals surface area contributed by atoms with E-state index in [9.17, 15) is 14.4 Å². The molecular formula is C27H42N2O4. The first kappa shape index (κ1) is 26.9. The molecule has 0 spiro atoms. The van der Waals surface area contributed by atoms with Crippen LogP contribution in [0.4, 0.5) is 0 Å². The van der Waals surface area contributed by atoms with Crippen molar-refractivity contribution in [2.24, 2.45) is 17.8 Å². The average molecular weight is 459 g/mol. The van der Waals surface area contributed by atoms with Crippen LogP contribution < -0.4 is 10.6 Å². The predicted molar refractivity (Wildman–Crippen MR) is 131 cm³/mol. The van der Waals surface area contributed by atoms with Gasteiger partial charge in [0.15, 0.2) is 0 Å². The zero-order valence-electron chi connectivity index (χ0n) is 21.1. The molecule has 0 aliphatic heterocycles. The molecule has 0 heterocycles. The van der Waals surface area contributed by atoms with E-state index >= 15 is 0 Å². The number of nitrogens with one attached hydrogen (secondary N) is 2. The molecule has 184 valence electrons. The van der Waals surface area contributed by atoms with E-state index in [1.54, 1.807) is 0 Å². The van der Waals surface area contributed by atoms with Crippen molar-refractivity contribution in [1.29, 1.82) is 0 Å². The van der Waals surface area contributed by atoms with Gasteiger partial charge in [-0.3, -0.25) is 9.59 Å². The van der Waals surface area contributed by atoms with Crippen LogP contribution in [0.1, 0.15) is 95.0 Å². The summed E-state index contributed by atoms with van der Waals surface area (Å²) in [7, 11) is 1.30. The average Bonchev–Trinajstić information content (AvgIpc) is 2.80. The molecule has 0 aromatic heterocycles. The Kier molecular flexibility index (Phi) is 10.4. The SMILES string of the molecule is CCCC1CCC(c2ccc(C(=O)NC(C(=O)NC(C(=O)OC)C(C)C)C(C)C)cc2)CC1. The van der Waals surface area contributed by atoms with Crippen molar-refractivity contribution in [3.8, 4) is 0 Å². The second-order valence-corrected chi connectivity index (χ2v) is 10.1. The number of carbonyl (C=O) groups excluding carboxylic acids is 3. The number of methoxy groups -OCH3 is 1. The third kappa shape index (κ3) is 7.58. The number of carbonyl (C=O) groups is 3. The summed E-state index contributed by atoms with van der Waals surface area (Å²) < 4.78 is 4.80.